The second kappa shape index (κ2) is 16.7. The molecule has 268 valence electrons. The summed E-state index contributed by atoms with van der Waals surface area (Å²) in [5.41, 5.74) is 2.70. The van der Waals surface area contributed by atoms with Crippen LogP contribution in [0.4, 0.5) is 26.7 Å². The second-order valence-electron chi connectivity index (χ2n) is 12.8. The summed E-state index contributed by atoms with van der Waals surface area (Å²) in [6, 6.07) is 3.48. The fraction of sp³-hybridized carbons (Fsp3) is 0.559. The summed E-state index contributed by atoms with van der Waals surface area (Å²) in [5.74, 6) is 0.711. The Morgan fingerprint density at radius 2 is 1.67 bits per heavy atom. The van der Waals surface area contributed by atoms with Crippen molar-refractivity contribution in [2.45, 2.75) is 86.0 Å². The minimum atomic E-state index is -0.561. The summed E-state index contributed by atoms with van der Waals surface area (Å²) in [6.45, 7) is 13.2. The number of ether oxygens (including phenoxy) is 2. The standard InChI is InChI=1S/C34H49N7O8/c1-19-16-41(20(2)18-42)32(43)27-15-26(35-33(44)36-30-22(4)38-48-24(30)6)12-13-28(27)47-21(3)11-9-10-14-46-29(19)17-40(8)34(45)37-31-23(5)39-49-25(31)7/h12-13,15,19-21,29,42H,9-11,14,16-18H2,1-8H3,(H,37,45)(H2,35,36,44)/t19-,20+,21+,29+/m1/s1. The number of nitrogens with zero attached hydrogens (tertiary/aromatic N) is 4. The number of benzene rings is 1. The molecule has 1 aliphatic heterocycles. The molecule has 0 spiro atoms. The number of urea groups is 2. The van der Waals surface area contributed by atoms with Gasteiger partial charge >= 0.3 is 12.1 Å². The van der Waals surface area contributed by atoms with Crippen LogP contribution in [0.15, 0.2) is 27.2 Å². The topological polar surface area (TPSA) is 185 Å². The number of rotatable bonds is 7. The van der Waals surface area contributed by atoms with Gasteiger partial charge in [-0.05, 0) is 79.0 Å². The van der Waals surface area contributed by atoms with Gasteiger partial charge < -0.3 is 49.4 Å². The van der Waals surface area contributed by atoms with Crippen LogP contribution < -0.4 is 20.7 Å². The quantitative estimate of drug-likeness (QED) is 0.248. The first-order chi connectivity index (χ1) is 23.3. The molecule has 49 heavy (non-hydrogen) atoms. The largest absolute Gasteiger partial charge is 0.490 e. The van der Waals surface area contributed by atoms with Gasteiger partial charge in [0.05, 0.1) is 30.4 Å². The molecule has 4 N–H and O–H groups in total. The molecule has 0 saturated carbocycles. The van der Waals surface area contributed by atoms with Crippen molar-refractivity contribution in [2.75, 3.05) is 49.3 Å². The third kappa shape index (κ3) is 9.50. The number of carbonyl (C=O) groups is 3. The molecule has 0 bridgehead atoms. The second-order valence-corrected chi connectivity index (χ2v) is 12.8. The Bertz CT molecular complexity index is 1570. The lowest BCUT2D eigenvalue weighted by Crippen LogP contribution is -2.48. The van der Waals surface area contributed by atoms with Crippen LogP contribution >= 0.6 is 0 Å². The van der Waals surface area contributed by atoms with E-state index < -0.39 is 18.2 Å². The van der Waals surface area contributed by atoms with Gasteiger partial charge in [0.2, 0.25) is 0 Å². The Hall–Kier alpha value is -4.63. The first-order valence-corrected chi connectivity index (χ1v) is 16.6. The molecular formula is C34H49N7O8. The molecule has 3 heterocycles. The van der Waals surface area contributed by atoms with Crippen LogP contribution in [0, 0.1) is 33.6 Å². The van der Waals surface area contributed by atoms with Crippen LogP contribution in [-0.4, -0.2) is 94.8 Å². The van der Waals surface area contributed by atoms with Gasteiger partial charge in [-0.3, -0.25) is 4.79 Å². The van der Waals surface area contributed by atoms with Gasteiger partial charge in [-0.2, -0.15) is 0 Å². The monoisotopic (exact) mass is 683 g/mol. The lowest BCUT2D eigenvalue weighted by Gasteiger charge is -2.35. The smallest absolute Gasteiger partial charge is 0.323 e. The maximum atomic E-state index is 14.4. The van der Waals surface area contributed by atoms with Crippen LogP contribution in [-0.2, 0) is 4.74 Å². The first kappa shape index (κ1) is 37.2. The van der Waals surface area contributed by atoms with Gasteiger partial charge in [0.1, 0.15) is 28.5 Å². The van der Waals surface area contributed by atoms with E-state index in [1.54, 1.807) is 64.8 Å². The number of aryl methyl sites for hydroxylation is 4. The zero-order chi connectivity index (χ0) is 35.8. The summed E-state index contributed by atoms with van der Waals surface area (Å²) < 4.78 is 23.0. The summed E-state index contributed by atoms with van der Waals surface area (Å²) in [6.07, 6.45) is 1.67. The Kier molecular flexibility index (Phi) is 12.6. The summed E-state index contributed by atoms with van der Waals surface area (Å²) >= 11 is 0. The molecule has 0 aliphatic carbocycles. The fourth-order valence-electron chi connectivity index (χ4n) is 5.62. The Balaban J connectivity index is 1.59. The predicted octanol–water partition coefficient (Wildman–Crippen LogP) is 5.50. The van der Waals surface area contributed by atoms with Crippen molar-refractivity contribution < 1.29 is 38.0 Å². The van der Waals surface area contributed by atoms with Crippen LogP contribution in [0.5, 0.6) is 5.75 Å². The predicted molar refractivity (Wildman–Crippen MR) is 183 cm³/mol. The number of amides is 5. The lowest BCUT2D eigenvalue weighted by atomic mass is 10.0. The van der Waals surface area contributed by atoms with E-state index in [9.17, 15) is 19.5 Å². The fourth-order valence-corrected chi connectivity index (χ4v) is 5.62. The minimum absolute atomic E-state index is 0.212. The van der Waals surface area contributed by atoms with Crippen molar-refractivity contribution in [3.8, 4) is 5.75 Å². The highest BCUT2D eigenvalue weighted by atomic mass is 16.5. The summed E-state index contributed by atoms with van der Waals surface area (Å²) in [7, 11) is 1.68. The Morgan fingerprint density at radius 1 is 1.02 bits per heavy atom. The average molecular weight is 684 g/mol. The first-order valence-electron chi connectivity index (χ1n) is 16.6. The maximum absolute atomic E-state index is 14.4. The number of aromatic nitrogens is 2. The number of hydrogen-bond donors (Lipinski definition) is 4. The van der Waals surface area contributed by atoms with Gasteiger partial charge in [0.15, 0.2) is 11.5 Å². The molecule has 0 unspecified atom stereocenters. The van der Waals surface area contributed by atoms with Gasteiger partial charge in [-0.25, -0.2) is 9.59 Å². The molecule has 1 aromatic carbocycles. The highest BCUT2D eigenvalue weighted by Crippen LogP contribution is 2.29. The highest BCUT2D eigenvalue weighted by molar-refractivity contribution is 6.03. The third-order valence-corrected chi connectivity index (χ3v) is 8.65. The van der Waals surface area contributed by atoms with Gasteiger partial charge in [0.25, 0.3) is 5.91 Å². The molecule has 4 rings (SSSR count). The number of fused-ring (bicyclic) bond motifs is 1. The van der Waals surface area contributed by atoms with Crippen LogP contribution in [0.3, 0.4) is 0 Å². The van der Waals surface area contributed by atoms with Crippen molar-refractivity contribution in [1.29, 1.82) is 0 Å². The third-order valence-electron chi connectivity index (χ3n) is 8.65. The highest BCUT2D eigenvalue weighted by Gasteiger charge is 2.31. The van der Waals surface area contributed by atoms with Crippen LogP contribution in [0.1, 0.15) is 73.3 Å². The summed E-state index contributed by atoms with van der Waals surface area (Å²) in [5, 5.41) is 26.4. The van der Waals surface area contributed by atoms with E-state index in [-0.39, 0.29) is 49.2 Å². The molecule has 4 atom stereocenters. The molecule has 0 saturated heterocycles. The number of anilines is 3. The van der Waals surface area contributed by atoms with Crippen molar-refractivity contribution in [3.63, 3.8) is 0 Å². The van der Waals surface area contributed by atoms with Crippen molar-refractivity contribution in [1.82, 2.24) is 20.1 Å². The molecular weight excluding hydrogens is 634 g/mol. The zero-order valence-corrected chi connectivity index (χ0v) is 29.6. The van der Waals surface area contributed by atoms with Crippen LogP contribution in [0.25, 0.3) is 0 Å². The Labute approximate surface area is 286 Å². The number of aliphatic hydroxyl groups is 1. The lowest BCUT2D eigenvalue weighted by molar-refractivity contribution is -0.0115. The maximum Gasteiger partial charge on any atom is 0.323 e. The molecule has 0 fully saturated rings. The zero-order valence-electron chi connectivity index (χ0n) is 29.6. The van der Waals surface area contributed by atoms with E-state index in [1.165, 1.54) is 4.90 Å². The molecule has 15 nitrogen and oxygen atoms in total. The Morgan fingerprint density at radius 3 is 2.29 bits per heavy atom. The number of aliphatic hydroxyl groups excluding tert-OH is 1. The molecule has 3 aromatic rings. The van der Waals surface area contributed by atoms with E-state index in [0.29, 0.717) is 58.7 Å². The number of carbonyl (C=O) groups excluding carboxylic acids is 3. The minimum Gasteiger partial charge on any atom is -0.490 e. The molecule has 1 aliphatic rings. The van der Waals surface area contributed by atoms with E-state index in [0.717, 1.165) is 12.8 Å². The van der Waals surface area contributed by atoms with Gasteiger partial charge in [0, 0.05) is 38.3 Å². The van der Waals surface area contributed by atoms with Crippen molar-refractivity contribution in [3.05, 3.63) is 46.7 Å². The van der Waals surface area contributed by atoms with E-state index in [2.05, 4.69) is 26.3 Å². The van der Waals surface area contributed by atoms with E-state index >= 15 is 0 Å². The van der Waals surface area contributed by atoms with Crippen molar-refractivity contribution in [2.24, 2.45) is 5.92 Å². The van der Waals surface area contributed by atoms with E-state index in [1.807, 2.05) is 13.8 Å². The van der Waals surface area contributed by atoms with Gasteiger partial charge in [-0.15, -0.1) is 0 Å². The molecule has 15 heteroatoms. The molecule has 0 radical (unpaired) electrons. The number of hydrogen-bond acceptors (Lipinski definition) is 10. The van der Waals surface area contributed by atoms with Gasteiger partial charge in [-0.1, -0.05) is 17.2 Å². The number of nitrogens with one attached hydrogen (secondary N) is 3. The van der Waals surface area contributed by atoms with E-state index in [4.69, 9.17) is 18.5 Å². The molecule has 2 aromatic heterocycles. The molecule has 5 amide bonds. The average Bonchev–Trinajstić information content (AvgIpc) is 3.56. The number of likely N-dealkylation sites (N-methyl/N-ethyl adjacent to an activating group) is 1. The van der Waals surface area contributed by atoms with Crippen molar-refractivity contribution >= 4 is 35.0 Å². The normalized spacial score (nSPS) is 19.7. The van der Waals surface area contributed by atoms with Crippen LogP contribution in [0.2, 0.25) is 0 Å². The summed E-state index contributed by atoms with van der Waals surface area (Å²) in [4.78, 5) is 43.6. The SMILES string of the molecule is Cc1noc(C)c1NC(=O)Nc1ccc2c(c1)C(=O)N([C@@H](C)CO)C[C@@H](C)[C@H](CN(C)C(=O)Nc1c(C)noc1C)OCCCC[C@H](C)O2.